The molecule has 0 unspecified atom stereocenters. The van der Waals surface area contributed by atoms with Crippen LogP contribution in [0.3, 0.4) is 0 Å². The van der Waals surface area contributed by atoms with E-state index in [4.69, 9.17) is 14.6 Å². The van der Waals surface area contributed by atoms with E-state index in [-0.39, 0.29) is 60.0 Å². The second-order valence-electron chi connectivity index (χ2n) is 7.59. The molecular weight excluding hydrogens is 421 g/mol. The maximum Gasteiger partial charge on any atom is 0.290 e. The molecule has 0 spiro atoms. The number of halogens is 1. The van der Waals surface area contributed by atoms with Gasteiger partial charge in [0.05, 0.1) is 6.04 Å². The molecule has 2 aliphatic heterocycles. The molecule has 2 saturated heterocycles. The molecule has 2 aliphatic rings. The Morgan fingerprint density at radius 3 is 2.66 bits per heavy atom. The minimum absolute atomic E-state index is 0.0158. The van der Waals surface area contributed by atoms with Crippen LogP contribution in [0.2, 0.25) is 0 Å². The molecule has 3 atom stereocenters. The average Bonchev–Trinajstić information content (AvgIpc) is 3.32. The monoisotopic (exact) mass is 445 g/mol. The molecule has 170 valence electrons. The Morgan fingerprint density at radius 1 is 1.25 bits per heavy atom. The minimum Gasteiger partial charge on any atom is -0.505 e. The van der Waals surface area contributed by atoms with E-state index in [2.05, 4.69) is 4.98 Å². The fourth-order valence-electron chi connectivity index (χ4n) is 4.50. The van der Waals surface area contributed by atoms with Crippen molar-refractivity contribution in [2.45, 2.75) is 6.04 Å². The molecule has 0 bridgehead atoms. The van der Waals surface area contributed by atoms with Gasteiger partial charge in [-0.3, -0.25) is 14.4 Å². The maximum absolute atomic E-state index is 13.9. The number of aromatic hydroxyl groups is 1. The first-order valence-electron chi connectivity index (χ1n) is 9.96. The Labute approximate surface area is 184 Å². The second kappa shape index (κ2) is 10.2. The Hall–Kier alpha value is -3.53. The molecule has 2 N–H and O–H groups in total. The summed E-state index contributed by atoms with van der Waals surface area (Å²) >= 11 is 0. The van der Waals surface area contributed by atoms with Crippen molar-refractivity contribution in [3.63, 3.8) is 0 Å². The number of carboxylic acid groups (broad SMARTS) is 1. The van der Waals surface area contributed by atoms with Gasteiger partial charge in [0, 0.05) is 44.8 Å². The van der Waals surface area contributed by atoms with Gasteiger partial charge in [0.2, 0.25) is 5.91 Å². The highest BCUT2D eigenvalue weighted by atomic mass is 19.1. The molecule has 0 aliphatic carbocycles. The highest BCUT2D eigenvalue weighted by Crippen LogP contribution is 2.45. The second-order valence-corrected chi connectivity index (χ2v) is 7.59. The van der Waals surface area contributed by atoms with Crippen LogP contribution >= 0.6 is 0 Å². The number of ether oxygens (including phenoxy) is 1. The number of benzene rings is 1. The summed E-state index contributed by atoms with van der Waals surface area (Å²) in [6.07, 6.45) is 1.46. The number of hydrogen-bond donors (Lipinski definition) is 2. The fourth-order valence-corrected chi connectivity index (χ4v) is 4.50. The number of amides is 2. The van der Waals surface area contributed by atoms with Crippen molar-refractivity contribution in [2.24, 2.45) is 11.8 Å². The number of rotatable bonds is 4. The fraction of sp³-hybridized carbons (Fsp3) is 0.364. The largest absolute Gasteiger partial charge is 0.505 e. The normalized spacial score (nSPS) is 21.5. The molecule has 2 fully saturated rings. The van der Waals surface area contributed by atoms with E-state index in [0.717, 1.165) is 0 Å². The SMILES string of the molecule is COCC(=O)N1C[C@H]2CN(C(=O)c3ncccc3O)C[C@H]2[C@@H]1c1cccc(F)c1.O=CO. The van der Waals surface area contributed by atoms with Gasteiger partial charge in [0.1, 0.15) is 18.2 Å². The summed E-state index contributed by atoms with van der Waals surface area (Å²) < 4.78 is 18.9. The number of carbonyl (C=O) groups is 3. The number of carbonyl (C=O) groups excluding carboxylic acids is 2. The van der Waals surface area contributed by atoms with Gasteiger partial charge in [0.15, 0.2) is 5.69 Å². The highest BCUT2D eigenvalue weighted by molar-refractivity contribution is 5.95. The third kappa shape index (κ3) is 4.70. The van der Waals surface area contributed by atoms with E-state index in [1.807, 2.05) is 0 Å². The Balaban J connectivity index is 0.000000913. The smallest absolute Gasteiger partial charge is 0.290 e. The Morgan fingerprint density at radius 2 is 2.00 bits per heavy atom. The van der Waals surface area contributed by atoms with Crippen molar-refractivity contribution in [1.29, 1.82) is 0 Å². The number of aromatic nitrogens is 1. The summed E-state index contributed by atoms with van der Waals surface area (Å²) in [5, 5.41) is 16.8. The van der Waals surface area contributed by atoms with E-state index < -0.39 is 0 Å². The summed E-state index contributed by atoms with van der Waals surface area (Å²) in [5.41, 5.74) is 0.721. The van der Waals surface area contributed by atoms with Gasteiger partial charge >= 0.3 is 0 Å². The van der Waals surface area contributed by atoms with Crippen molar-refractivity contribution in [1.82, 2.24) is 14.8 Å². The molecule has 9 nitrogen and oxygen atoms in total. The quantitative estimate of drug-likeness (QED) is 0.685. The first-order chi connectivity index (χ1) is 15.4. The lowest BCUT2D eigenvalue weighted by atomic mass is 9.89. The van der Waals surface area contributed by atoms with Crippen LogP contribution in [-0.2, 0) is 14.3 Å². The van der Waals surface area contributed by atoms with Gasteiger partial charge < -0.3 is 24.7 Å². The Bertz CT molecular complexity index is 988. The maximum atomic E-state index is 13.9. The lowest BCUT2D eigenvalue weighted by Crippen LogP contribution is -2.39. The van der Waals surface area contributed by atoms with E-state index in [0.29, 0.717) is 25.2 Å². The number of nitrogens with zero attached hydrogens (tertiary/aromatic N) is 3. The molecule has 3 heterocycles. The van der Waals surface area contributed by atoms with Gasteiger partial charge in [-0.1, -0.05) is 12.1 Å². The van der Waals surface area contributed by atoms with Gasteiger partial charge in [0.25, 0.3) is 12.4 Å². The van der Waals surface area contributed by atoms with Gasteiger partial charge in [-0.05, 0) is 29.8 Å². The van der Waals surface area contributed by atoms with Gasteiger partial charge in [-0.2, -0.15) is 0 Å². The van der Waals surface area contributed by atoms with Crippen LogP contribution in [-0.4, -0.2) is 76.6 Å². The Kier molecular flexibility index (Phi) is 7.37. The van der Waals surface area contributed by atoms with E-state index >= 15 is 0 Å². The topological polar surface area (TPSA) is 120 Å². The minimum atomic E-state index is -0.366. The van der Waals surface area contributed by atoms with E-state index in [1.165, 1.54) is 31.5 Å². The zero-order valence-electron chi connectivity index (χ0n) is 17.4. The zero-order valence-corrected chi connectivity index (χ0v) is 17.4. The third-order valence-electron chi connectivity index (χ3n) is 5.72. The number of hydrogen-bond acceptors (Lipinski definition) is 6. The number of methoxy groups -OCH3 is 1. The van der Waals surface area contributed by atoms with Crippen molar-refractivity contribution in [2.75, 3.05) is 33.4 Å². The number of fused-ring (bicyclic) bond motifs is 1. The van der Waals surface area contributed by atoms with Crippen LogP contribution in [0.4, 0.5) is 4.39 Å². The average molecular weight is 445 g/mol. The standard InChI is InChI=1S/C21H22FN3O4.CH2O2/c1-29-12-18(27)25-10-14-9-24(21(28)19-17(26)6-3-7-23-19)11-16(14)20(25)13-4-2-5-15(22)8-13;2-1-3/h2-8,14,16,20,26H,9-12H2,1H3;1H,(H,2,3)/t14-,16-,20+;/m1./s1. The first kappa shape index (κ1) is 23.1. The zero-order chi connectivity index (χ0) is 23.3. The highest BCUT2D eigenvalue weighted by Gasteiger charge is 2.50. The molecule has 2 aromatic rings. The lowest BCUT2D eigenvalue weighted by molar-refractivity contribution is -0.136. The summed E-state index contributed by atoms with van der Waals surface area (Å²) in [6.45, 7) is 1.02. The van der Waals surface area contributed by atoms with E-state index in [9.17, 15) is 19.1 Å². The molecule has 1 aromatic heterocycles. The molecule has 1 aromatic carbocycles. The van der Waals surface area contributed by atoms with Crippen molar-refractivity contribution >= 4 is 18.3 Å². The molecule has 32 heavy (non-hydrogen) atoms. The van der Waals surface area contributed by atoms with E-state index in [1.54, 1.807) is 28.0 Å². The first-order valence-corrected chi connectivity index (χ1v) is 9.96. The van der Waals surface area contributed by atoms with Crippen LogP contribution in [0.25, 0.3) is 0 Å². The van der Waals surface area contributed by atoms with Crippen molar-refractivity contribution < 1.29 is 33.7 Å². The molecule has 4 rings (SSSR count). The molecule has 0 saturated carbocycles. The van der Waals surface area contributed by atoms with Crippen LogP contribution < -0.4 is 0 Å². The third-order valence-corrected chi connectivity index (χ3v) is 5.72. The van der Waals surface area contributed by atoms with Crippen LogP contribution in [0, 0.1) is 17.7 Å². The number of pyridine rings is 1. The van der Waals surface area contributed by atoms with Gasteiger partial charge in [-0.25, -0.2) is 9.37 Å². The summed E-state index contributed by atoms with van der Waals surface area (Å²) in [7, 11) is 1.46. The molecular formula is C22H24FN3O6. The van der Waals surface area contributed by atoms with Crippen LogP contribution in [0.15, 0.2) is 42.6 Å². The van der Waals surface area contributed by atoms with Crippen molar-refractivity contribution in [3.8, 4) is 5.75 Å². The summed E-state index contributed by atoms with van der Waals surface area (Å²) in [5.74, 6) is -1.00. The molecule has 0 radical (unpaired) electrons. The predicted molar refractivity (Wildman–Crippen MR) is 110 cm³/mol. The van der Waals surface area contributed by atoms with Crippen LogP contribution in [0.1, 0.15) is 22.1 Å². The summed E-state index contributed by atoms with van der Waals surface area (Å²) in [4.78, 5) is 41.2. The van der Waals surface area contributed by atoms with Crippen molar-refractivity contribution in [3.05, 3.63) is 59.7 Å². The summed E-state index contributed by atoms with van der Waals surface area (Å²) in [6, 6.07) is 8.88. The molecule has 10 heteroatoms. The predicted octanol–water partition coefficient (Wildman–Crippen LogP) is 1.55. The lowest BCUT2D eigenvalue weighted by Gasteiger charge is -2.30. The van der Waals surface area contributed by atoms with Crippen LogP contribution in [0.5, 0.6) is 5.75 Å². The number of likely N-dealkylation sites (tertiary alicyclic amines) is 2. The molecule has 2 amide bonds. The van der Waals surface area contributed by atoms with Gasteiger partial charge in [-0.15, -0.1) is 0 Å².